The molecule has 4 aromatic rings. The van der Waals surface area contributed by atoms with Crippen molar-refractivity contribution in [1.82, 2.24) is 24.9 Å². The summed E-state index contributed by atoms with van der Waals surface area (Å²) in [5.41, 5.74) is 6.10. The molecular formula is C25H26N6O2. The minimum absolute atomic E-state index is 0.0541. The summed E-state index contributed by atoms with van der Waals surface area (Å²) in [4.78, 5) is 33.5. The first kappa shape index (κ1) is 22.1. The van der Waals surface area contributed by atoms with Gasteiger partial charge in [0.05, 0.1) is 0 Å². The summed E-state index contributed by atoms with van der Waals surface area (Å²) in [7, 11) is 0. The van der Waals surface area contributed by atoms with E-state index in [1.54, 1.807) is 16.6 Å². The van der Waals surface area contributed by atoms with Crippen LogP contribution in [0.1, 0.15) is 44.9 Å². The van der Waals surface area contributed by atoms with E-state index in [0.717, 1.165) is 28.1 Å². The Morgan fingerprint density at radius 2 is 1.82 bits per heavy atom. The van der Waals surface area contributed by atoms with Gasteiger partial charge in [0.2, 0.25) is 5.91 Å². The van der Waals surface area contributed by atoms with Crippen LogP contribution >= 0.6 is 0 Å². The zero-order valence-electron chi connectivity index (χ0n) is 18.9. The molecular weight excluding hydrogens is 416 g/mol. The van der Waals surface area contributed by atoms with Crippen molar-refractivity contribution in [3.05, 3.63) is 88.5 Å². The van der Waals surface area contributed by atoms with Crippen molar-refractivity contribution in [3.8, 4) is 0 Å². The molecule has 2 N–H and O–H groups in total. The van der Waals surface area contributed by atoms with E-state index >= 15 is 0 Å². The highest BCUT2D eigenvalue weighted by molar-refractivity contribution is 6.04. The van der Waals surface area contributed by atoms with E-state index in [2.05, 4.69) is 25.7 Å². The smallest absolute Gasteiger partial charge is 0.255 e. The Morgan fingerprint density at radius 3 is 2.61 bits per heavy atom. The third-order valence-corrected chi connectivity index (χ3v) is 5.58. The van der Waals surface area contributed by atoms with Crippen LogP contribution in [0.3, 0.4) is 0 Å². The average molecular weight is 443 g/mol. The largest absolute Gasteiger partial charge is 0.352 e. The number of nitrogens with zero attached hydrogens (tertiary/aromatic N) is 4. The Morgan fingerprint density at radius 1 is 1.03 bits per heavy atom. The molecule has 33 heavy (non-hydrogen) atoms. The van der Waals surface area contributed by atoms with Gasteiger partial charge in [0.1, 0.15) is 6.33 Å². The second-order valence-electron chi connectivity index (χ2n) is 8.03. The highest BCUT2D eigenvalue weighted by Crippen LogP contribution is 2.16. The van der Waals surface area contributed by atoms with Gasteiger partial charge in [-0.25, -0.2) is 9.50 Å². The van der Waals surface area contributed by atoms with Crippen molar-refractivity contribution in [2.24, 2.45) is 0 Å². The molecule has 0 saturated heterocycles. The molecule has 8 heteroatoms. The summed E-state index contributed by atoms with van der Waals surface area (Å²) < 4.78 is 1.69. The highest BCUT2D eigenvalue weighted by Gasteiger charge is 2.13. The van der Waals surface area contributed by atoms with Crippen molar-refractivity contribution in [2.45, 2.75) is 40.2 Å². The van der Waals surface area contributed by atoms with Crippen LogP contribution in [-0.4, -0.2) is 31.4 Å². The molecule has 0 bridgehead atoms. The SMILES string of the molecule is Cc1ccc(C(=O)Nc2cccc(CNC(=O)CCc3c(C)nc4ncnn4c3C)c2)cc1. The number of aromatic nitrogens is 4. The maximum absolute atomic E-state index is 12.5. The fraction of sp³-hybridized carbons (Fsp3) is 0.240. The first-order chi connectivity index (χ1) is 15.9. The molecule has 168 valence electrons. The zero-order chi connectivity index (χ0) is 23.4. The lowest BCUT2D eigenvalue weighted by molar-refractivity contribution is -0.121. The predicted octanol–water partition coefficient (Wildman–Crippen LogP) is 3.55. The fourth-order valence-corrected chi connectivity index (χ4v) is 3.71. The van der Waals surface area contributed by atoms with Crippen LogP contribution < -0.4 is 10.6 Å². The second-order valence-corrected chi connectivity index (χ2v) is 8.03. The van der Waals surface area contributed by atoms with E-state index < -0.39 is 0 Å². The van der Waals surface area contributed by atoms with E-state index in [1.165, 1.54) is 6.33 Å². The maximum atomic E-state index is 12.5. The first-order valence-corrected chi connectivity index (χ1v) is 10.8. The van der Waals surface area contributed by atoms with Gasteiger partial charge >= 0.3 is 0 Å². The van der Waals surface area contributed by atoms with Crippen LogP contribution in [0.2, 0.25) is 0 Å². The second kappa shape index (κ2) is 9.60. The lowest BCUT2D eigenvalue weighted by Crippen LogP contribution is -2.23. The third kappa shape index (κ3) is 5.23. The molecule has 0 fully saturated rings. The lowest BCUT2D eigenvalue weighted by atomic mass is 10.1. The van der Waals surface area contributed by atoms with Gasteiger partial charge in [-0.2, -0.15) is 10.1 Å². The van der Waals surface area contributed by atoms with Gasteiger partial charge in [0, 0.05) is 35.6 Å². The molecule has 8 nitrogen and oxygen atoms in total. The number of rotatable bonds is 7. The van der Waals surface area contributed by atoms with Gasteiger partial charge in [-0.05, 0) is 62.6 Å². The first-order valence-electron chi connectivity index (χ1n) is 10.8. The van der Waals surface area contributed by atoms with E-state index in [-0.39, 0.29) is 11.8 Å². The molecule has 0 aliphatic rings. The normalized spacial score (nSPS) is 10.9. The van der Waals surface area contributed by atoms with Gasteiger partial charge in [0.25, 0.3) is 11.7 Å². The molecule has 0 aliphatic heterocycles. The van der Waals surface area contributed by atoms with Crippen LogP contribution in [0.5, 0.6) is 0 Å². The van der Waals surface area contributed by atoms with Crippen LogP contribution in [0.25, 0.3) is 5.78 Å². The van der Waals surface area contributed by atoms with Crippen LogP contribution in [0, 0.1) is 20.8 Å². The topological polar surface area (TPSA) is 101 Å². The van der Waals surface area contributed by atoms with Gasteiger partial charge < -0.3 is 10.6 Å². The summed E-state index contributed by atoms with van der Waals surface area (Å²) in [6.07, 6.45) is 2.38. The molecule has 0 aliphatic carbocycles. The molecule has 2 amide bonds. The van der Waals surface area contributed by atoms with Crippen molar-refractivity contribution in [1.29, 1.82) is 0 Å². The number of hydrogen-bond donors (Lipinski definition) is 2. The third-order valence-electron chi connectivity index (χ3n) is 5.58. The van der Waals surface area contributed by atoms with Crippen LogP contribution in [0.4, 0.5) is 5.69 Å². The van der Waals surface area contributed by atoms with Crippen molar-refractivity contribution < 1.29 is 9.59 Å². The number of anilines is 1. The van der Waals surface area contributed by atoms with Gasteiger partial charge in [-0.1, -0.05) is 29.8 Å². The molecule has 4 rings (SSSR count). The van der Waals surface area contributed by atoms with E-state index in [4.69, 9.17) is 0 Å². The molecule has 2 aromatic heterocycles. The summed E-state index contributed by atoms with van der Waals surface area (Å²) >= 11 is 0. The number of carbonyl (C=O) groups is 2. The van der Waals surface area contributed by atoms with Crippen molar-refractivity contribution in [2.75, 3.05) is 5.32 Å². The molecule has 2 heterocycles. The van der Waals surface area contributed by atoms with Crippen molar-refractivity contribution >= 4 is 23.3 Å². The number of fused-ring (bicyclic) bond motifs is 1. The monoisotopic (exact) mass is 442 g/mol. The number of aryl methyl sites for hydroxylation is 3. The Balaban J connectivity index is 1.32. The number of nitrogens with one attached hydrogen (secondary N) is 2. The Bertz CT molecular complexity index is 1310. The van der Waals surface area contributed by atoms with E-state index in [1.807, 2.05) is 57.2 Å². The standard InChI is InChI=1S/C25H26N6O2/c1-16-7-9-20(10-8-16)24(33)30-21-6-4-5-19(13-21)14-26-23(32)12-11-22-17(2)29-25-27-15-28-31(25)18(22)3/h4-10,13,15H,11-12,14H2,1-3H3,(H,26,32)(H,30,33). The number of amides is 2. The number of benzene rings is 2. The summed E-state index contributed by atoms with van der Waals surface area (Å²) in [6, 6.07) is 14.9. The Hall–Kier alpha value is -4.07. The minimum Gasteiger partial charge on any atom is -0.352 e. The maximum Gasteiger partial charge on any atom is 0.255 e. The van der Waals surface area contributed by atoms with Gasteiger partial charge in [0.15, 0.2) is 0 Å². The number of carbonyl (C=O) groups excluding carboxylic acids is 2. The molecule has 0 atom stereocenters. The Labute approximate surface area is 192 Å². The molecule has 0 spiro atoms. The minimum atomic E-state index is -0.167. The highest BCUT2D eigenvalue weighted by atomic mass is 16.2. The zero-order valence-corrected chi connectivity index (χ0v) is 18.9. The summed E-state index contributed by atoms with van der Waals surface area (Å²) in [6.45, 7) is 6.24. The summed E-state index contributed by atoms with van der Waals surface area (Å²) in [5.74, 6) is 0.342. The quantitative estimate of drug-likeness (QED) is 0.456. The van der Waals surface area contributed by atoms with Crippen molar-refractivity contribution in [3.63, 3.8) is 0 Å². The Kier molecular flexibility index (Phi) is 6.44. The van der Waals surface area contributed by atoms with Gasteiger partial charge in [-0.3, -0.25) is 9.59 Å². The van der Waals surface area contributed by atoms with Crippen LogP contribution in [-0.2, 0) is 17.8 Å². The number of hydrogen-bond acceptors (Lipinski definition) is 5. The van der Waals surface area contributed by atoms with E-state index in [0.29, 0.717) is 36.4 Å². The van der Waals surface area contributed by atoms with Crippen LogP contribution in [0.15, 0.2) is 54.9 Å². The molecule has 2 aromatic carbocycles. The summed E-state index contributed by atoms with van der Waals surface area (Å²) in [5, 5.41) is 10.0. The average Bonchev–Trinajstić information content (AvgIpc) is 3.27. The fourth-order valence-electron chi connectivity index (χ4n) is 3.71. The van der Waals surface area contributed by atoms with E-state index in [9.17, 15) is 9.59 Å². The molecule has 0 unspecified atom stereocenters. The van der Waals surface area contributed by atoms with Gasteiger partial charge in [-0.15, -0.1) is 0 Å². The predicted molar refractivity (Wildman–Crippen MR) is 126 cm³/mol. The lowest BCUT2D eigenvalue weighted by Gasteiger charge is -2.11. The molecule has 0 saturated carbocycles. The molecule has 0 radical (unpaired) electrons.